The van der Waals surface area contributed by atoms with E-state index in [-0.39, 0.29) is 5.91 Å². The Bertz CT molecular complexity index is 707. The van der Waals surface area contributed by atoms with E-state index in [1.807, 2.05) is 0 Å². The van der Waals surface area contributed by atoms with Gasteiger partial charge in [0.15, 0.2) is 0 Å². The van der Waals surface area contributed by atoms with Crippen LogP contribution in [0.3, 0.4) is 0 Å². The first kappa shape index (κ1) is 12.6. The molecule has 3 rings (SSSR count). The minimum Gasteiger partial charge on any atom is -0.480 e. The Morgan fingerprint density at radius 1 is 1.40 bits per heavy atom. The van der Waals surface area contributed by atoms with Gasteiger partial charge in [0.1, 0.15) is 6.04 Å². The van der Waals surface area contributed by atoms with Gasteiger partial charge >= 0.3 is 5.97 Å². The van der Waals surface area contributed by atoms with Gasteiger partial charge in [0.05, 0.1) is 0 Å². The lowest BCUT2D eigenvalue weighted by Gasteiger charge is -2.20. The van der Waals surface area contributed by atoms with Gasteiger partial charge in [-0.1, -0.05) is 0 Å². The van der Waals surface area contributed by atoms with Gasteiger partial charge in [-0.05, 0) is 30.2 Å². The number of carbonyl (C=O) groups excluding carboxylic acids is 1. The molecule has 1 aliphatic rings. The maximum Gasteiger partial charge on any atom is 0.326 e. The molecular formula is C13H14N4O3. The van der Waals surface area contributed by atoms with Crippen molar-refractivity contribution in [2.24, 2.45) is 5.84 Å². The molecule has 20 heavy (non-hydrogen) atoms. The third kappa shape index (κ3) is 1.84. The van der Waals surface area contributed by atoms with E-state index in [9.17, 15) is 14.7 Å². The molecule has 0 saturated carbocycles. The summed E-state index contributed by atoms with van der Waals surface area (Å²) in [4.78, 5) is 25.9. The van der Waals surface area contributed by atoms with Crippen LogP contribution in [0.2, 0.25) is 0 Å². The van der Waals surface area contributed by atoms with E-state index >= 15 is 0 Å². The van der Waals surface area contributed by atoms with Crippen LogP contribution in [0.15, 0.2) is 18.2 Å². The van der Waals surface area contributed by atoms with E-state index in [1.54, 1.807) is 18.2 Å². The van der Waals surface area contributed by atoms with Gasteiger partial charge in [-0.25, -0.2) is 5.84 Å². The molecule has 1 aliphatic heterocycles. The largest absolute Gasteiger partial charge is 0.480 e. The number of nitrogens with two attached hydrogens (primary N) is 1. The SMILES string of the molecule is NNC(=O)c1ccc2[nH]c3c(c2c1)CCNC3C(=O)O. The Balaban J connectivity index is 2.17. The molecule has 1 atom stereocenters. The lowest BCUT2D eigenvalue weighted by atomic mass is 9.98. The number of amides is 1. The molecule has 2 heterocycles. The van der Waals surface area contributed by atoms with Crippen LogP contribution in [-0.2, 0) is 11.2 Å². The molecule has 0 spiro atoms. The third-order valence-electron chi connectivity index (χ3n) is 3.59. The number of aromatic nitrogens is 1. The van der Waals surface area contributed by atoms with Gasteiger partial charge in [0.25, 0.3) is 5.91 Å². The zero-order chi connectivity index (χ0) is 14.3. The predicted molar refractivity (Wildman–Crippen MR) is 72.0 cm³/mol. The van der Waals surface area contributed by atoms with E-state index in [0.717, 1.165) is 16.5 Å². The van der Waals surface area contributed by atoms with Gasteiger partial charge in [-0.15, -0.1) is 0 Å². The highest BCUT2D eigenvalue weighted by atomic mass is 16.4. The zero-order valence-electron chi connectivity index (χ0n) is 10.6. The number of hydrogen-bond acceptors (Lipinski definition) is 4. The van der Waals surface area contributed by atoms with Crippen molar-refractivity contribution in [2.45, 2.75) is 12.5 Å². The number of benzene rings is 1. The fraction of sp³-hybridized carbons (Fsp3) is 0.231. The molecule has 7 heteroatoms. The summed E-state index contributed by atoms with van der Waals surface area (Å²) < 4.78 is 0. The van der Waals surface area contributed by atoms with Crippen LogP contribution in [0.25, 0.3) is 10.9 Å². The average molecular weight is 274 g/mol. The highest BCUT2D eigenvalue weighted by molar-refractivity contribution is 5.99. The summed E-state index contributed by atoms with van der Waals surface area (Å²) >= 11 is 0. The Morgan fingerprint density at radius 3 is 2.90 bits per heavy atom. The number of aromatic amines is 1. The number of nitrogens with one attached hydrogen (secondary N) is 3. The summed E-state index contributed by atoms with van der Waals surface area (Å²) in [6.07, 6.45) is 0.715. The van der Waals surface area contributed by atoms with Gasteiger partial charge in [0, 0.05) is 28.7 Å². The van der Waals surface area contributed by atoms with Crippen LogP contribution < -0.4 is 16.6 Å². The Morgan fingerprint density at radius 2 is 2.20 bits per heavy atom. The van der Waals surface area contributed by atoms with E-state index in [2.05, 4.69) is 15.7 Å². The van der Waals surface area contributed by atoms with Crippen LogP contribution in [0.1, 0.15) is 27.7 Å². The fourth-order valence-electron chi connectivity index (χ4n) is 2.66. The number of H-pyrrole nitrogens is 1. The van der Waals surface area contributed by atoms with Crippen LogP contribution in [-0.4, -0.2) is 28.5 Å². The molecule has 104 valence electrons. The minimum atomic E-state index is -0.919. The summed E-state index contributed by atoms with van der Waals surface area (Å²) in [6, 6.07) is 4.40. The molecule has 0 saturated heterocycles. The molecule has 1 aromatic heterocycles. The standard InChI is InChI=1S/C13H14N4O3/c14-17-12(18)6-1-2-9-8(5-6)7-3-4-15-11(13(19)20)10(7)16-9/h1-2,5,11,15-16H,3-4,14H2,(H,17,18)(H,19,20). The van der Waals surface area contributed by atoms with Crippen LogP contribution in [0, 0.1) is 0 Å². The average Bonchev–Trinajstić information content (AvgIpc) is 2.83. The topological polar surface area (TPSA) is 120 Å². The van der Waals surface area contributed by atoms with Crippen LogP contribution >= 0.6 is 0 Å². The van der Waals surface area contributed by atoms with E-state index in [0.29, 0.717) is 24.2 Å². The Kier molecular flexibility index (Phi) is 2.92. The zero-order valence-corrected chi connectivity index (χ0v) is 10.6. The number of aliphatic carboxylic acids is 1. The molecule has 1 unspecified atom stereocenters. The molecule has 2 aromatic rings. The number of fused-ring (bicyclic) bond motifs is 3. The number of carboxylic acids is 1. The van der Waals surface area contributed by atoms with Crippen molar-refractivity contribution in [3.05, 3.63) is 35.0 Å². The molecule has 1 aromatic carbocycles. The van der Waals surface area contributed by atoms with Crippen molar-refractivity contribution in [1.82, 2.24) is 15.7 Å². The van der Waals surface area contributed by atoms with Crippen molar-refractivity contribution in [1.29, 1.82) is 0 Å². The van der Waals surface area contributed by atoms with E-state index < -0.39 is 12.0 Å². The maximum atomic E-state index is 11.6. The van der Waals surface area contributed by atoms with Gasteiger partial charge < -0.3 is 10.1 Å². The molecule has 0 radical (unpaired) electrons. The van der Waals surface area contributed by atoms with E-state index in [4.69, 9.17) is 5.84 Å². The van der Waals surface area contributed by atoms with Gasteiger partial charge in [-0.2, -0.15) is 0 Å². The number of carboxylic acid groups (broad SMARTS) is 1. The summed E-state index contributed by atoms with van der Waals surface area (Å²) in [6.45, 7) is 0.588. The summed E-state index contributed by atoms with van der Waals surface area (Å²) in [5.41, 5.74) is 4.96. The maximum absolute atomic E-state index is 11.6. The van der Waals surface area contributed by atoms with E-state index in [1.165, 1.54) is 0 Å². The molecule has 7 nitrogen and oxygen atoms in total. The van der Waals surface area contributed by atoms with Crippen molar-refractivity contribution in [3.63, 3.8) is 0 Å². The predicted octanol–water partition coefficient (Wildman–Crippen LogP) is 0.0428. The molecule has 0 aliphatic carbocycles. The van der Waals surface area contributed by atoms with Gasteiger partial charge in [-0.3, -0.25) is 20.3 Å². The highest BCUT2D eigenvalue weighted by Gasteiger charge is 2.29. The number of rotatable bonds is 2. The second kappa shape index (κ2) is 4.62. The lowest BCUT2D eigenvalue weighted by molar-refractivity contribution is -0.139. The number of nitrogen functional groups attached to an aromatic ring is 1. The molecule has 6 N–H and O–H groups in total. The van der Waals surface area contributed by atoms with Crippen molar-refractivity contribution in [3.8, 4) is 0 Å². The summed E-state index contributed by atoms with van der Waals surface area (Å²) in [7, 11) is 0. The van der Waals surface area contributed by atoms with Crippen LogP contribution in [0.4, 0.5) is 0 Å². The fourth-order valence-corrected chi connectivity index (χ4v) is 2.66. The minimum absolute atomic E-state index is 0.370. The summed E-state index contributed by atoms with van der Waals surface area (Å²) in [5, 5.41) is 13.1. The smallest absolute Gasteiger partial charge is 0.326 e. The quantitative estimate of drug-likeness (QED) is 0.301. The molecule has 0 bridgehead atoms. The molecular weight excluding hydrogens is 260 g/mol. The molecule has 1 amide bonds. The first-order valence-corrected chi connectivity index (χ1v) is 6.23. The van der Waals surface area contributed by atoms with Crippen molar-refractivity contribution in [2.75, 3.05) is 6.54 Å². The number of carbonyl (C=O) groups is 2. The first-order valence-electron chi connectivity index (χ1n) is 6.23. The summed E-state index contributed by atoms with van der Waals surface area (Å²) in [5.74, 6) is 3.84. The normalized spacial score (nSPS) is 17.8. The monoisotopic (exact) mass is 274 g/mol. The third-order valence-corrected chi connectivity index (χ3v) is 3.59. The van der Waals surface area contributed by atoms with Gasteiger partial charge in [0.2, 0.25) is 0 Å². The highest BCUT2D eigenvalue weighted by Crippen LogP contribution is 2.30. The molecule has 0 fully saturated rings. The second-order valence-electron chi connectivity index (χ2n) is 4.73. The van der Waals surface area contributed by atoms with Crippen molar-refractivity contribution >= 4 is 22.8 Å². The second-order valence-corrected chi connectivity index (χ2v) is 4.73. The Labute approximate surface area is 114 Å². The van der Waals surface area contributed by atoms with Crippen LogP contribution in [0.5, 0.6) is 0 Å². The first-order chi connectivity index (χ1) is 9.61. The number of hydrazine groups is 1. The Hall–Kier alpha value is -2.38. The number of hydrogen-bond donors (Lipinski definition) is 5. The lowest BCUT2D eigenvalue weighted by Crippen LogP contribution is -2.34. The van der Waals surface area contributed by atoms with Crippen molar-refractivity contribution < 1.29 is 14.7 Å².